The molecule has 7 heteroatoms. The minimum atomic E-state index is -0.666. The van der Waals surface area contributed by atoms with Crippen LogP contribution in [-0.4, -0.2) is 52.7 Å². The van der Waals surface area contributed by atoms with Gasteiger partial charge in [0, 0.05) is 43.7 Å². The molecule has 3 fully saturated rings. The van der Waals surface area contributed by atoms with E-state index in [1.54, 1.807) is 4.90 Å². The van der Waals surface area contributed by atoms with E-state index in [9.17, 15) is 24.0 Å². The van der Waals surface area contributed by atoms with E-state index in [2.05, 4.69) is 19.2 Å². The summed E-state index contributed by atoms with van der Waals surface area (Å²) in [4.78, 5) is 68.9. The number of carbonyl (C=O) groups is 5. The molecule has 3 aliphatic rings. The summed E-state index contributed by atoms with van der Waals surface area (Å²) in [6, 6.07) is -0.775. The highest BCUT2D eigenvalue weighted by Gasteiger charge is 2.69. The van der Waals surface area contributed by atoms with E-state index in [0.717, 1.165) is 19.3 Å². The van der Waals surface area contributed by atoms with Gasteiger partial charge in [0.25, 0.3) is 5.91 Å². The van der Waals surface area contributed by atoms with Crippen molar-refractivity contribution < 1.29 is 24.0 Å². The van der Waals surface area contributed by atoms with Crippen molar-refractivity contribution >= 4 is 29.2 Å². The fourth-order valence-corrected chi connectivity index (χ4v) is 7.03. The Balaban J connectivity index is 1.84. The Hall–Kier alpha value is -2.05. The number of ketones is 3. The summed E-state index contributed by atoms with van der Waals surface area (Å²) in [5.74, 6) is -1.89. The van der Waals surface area contributed by atoms with Crippen molar-refractivity contribution in [3.63, 3.8) is 0 Å². The zero-order valence-corrected chi connectivity index (χ0v) is 26.7. The lowest BCUT2D eigenvalue weighted by Gasteiger charge is -2.38. The number of rotatable bonds is 12. The molecular formula is C33H54N2O5. The van der Waals surface area contributed by atoms with Crippen molar-refractivity contribution in [2.24, 2.45) is 45.8 Å². The van der Waals surface area contributed by atoms with E-state index < -0.39 is 35.0 Å². The molecule has 2 amide bonds. The lowest BCUT2D eigenvalue weighted by atomic mass is 9.74. The second-order valence-electron chi connectivity index (χ2n) is 16.2. The molecule has 0 bridgehead atoms. The summed E-state index contributed by atoms with van der Waals surface area (Å²) in [5.41, 5.74) is -0.665. The molecule has 0 spiro atoms. The van der Waals surface area contributed by atoms with Gasteiger partial charge in [0.1, 0.15) is 5.78 Å². The Morgan fingerprint density at radius 1 is 0.950 bits per heavy atom. The monoisotopic (exact) mass is 558 g/mol. The number of fused-ring (bicyclic) bond motifs is 1. The molecule has 3 rings (SSSR count). The van der Waals surface area contributed by atoms with Crippen LogP contribution in [0.1, 0.15) is 114 Å². The molecule has 1 N–H and O–H groups in total. The van der Waals surface area contributed by atoms with Gasteiger partial charge in [-0.1, -0.05) is 74.7 Å². The third-order valence-corrected chi connectivity index (χ3v) is 9.63. The third-order valence-electron chi connectivity index (χ3n) is 9.63. The molecule has 40 heavy (non-hydrogen) atoms. The van der Waals surface area contributed by atoms with Gasteiger partial charge in [0.2, 0.25) is 11.7 Å². The van der Waals surface area contributed by atoms with E-state index in [0.29, 0.717) is 25.3 Å². The maximum absolute atomic E-state index is 14.2. The highest BCUT2D eigenvalue weighted by molar-refractivity contribution is 6.37. The lowest BCUT2D eigenvalue weighted by molar-refractivity contribution is -0.148. The quantitative estimate of drug-likeness (QED) is 0.324. The van der Waals surface area contributed by atoms with E-state index in [1.165, 1.54) is 0 Å². The first kappa shape index (κ1) is 32.5. The van der Waals surface area contributed by atoms with Gasteiger partial charge in [-0.3, -0.25) is 24.0 Å². The van der Waals surface area contributed by atoms with Gasteiger partial charge in [-0.05, 0) is 54.3 Å². The summed E-state index contributed by atoms with van der Waals surface area (Å²) in [7, 11) is 0. The maximum Gasteiger partial charge on any atom is 0.287 e. The van der Waals surface area contributed by atoms with Crippen LogP contribution in [0.15, 0.2) is 0 Å². The Bertz CT molecular complexity index is 1010. The molecule has 1 saturated heterocycles. The van der Waals surface area contributed by atoms with Crippen molar-refractivity contribution in [1.82, 2.24) is 10.2 Å². The summed E-state index contributed by atoms with van der Waals surface area (Å²) in [6.45, 7) is 20.4. The highest BCUT2D eigenvalue weighted by atomic mass is 16.2. The predicted molar refractivity (Wildman–Crippen MR) is 156 cm³/mol. The minimum Gasteiger partial charge on any atom is -0.347 e. The van der Waals surface area contributed by atoms with Crippen LogP contribution in [0.5, 0.6) is 0 Å². The van der Waals surface area contributed by atoms with Gasteiger partial charge in [-0.15, -0.1) is 0 Å². The molecule has 2 aliphatic carbocycles. The van der Waals surface area contributed by atoms with Gasteiger partial charge < -0.3 is 10.2 Å². The van der Waals surface area contributed by atoms with Crippen LogP contribution < -0.4 is 5.32 Å². The van der Waals surface area contributed by atoms with E-state index in [-0.39, 0.29) is 59.0 Å². The van der Waals surface area contributed by atoms with Crippen LogP contribution in [0.3, 0.4) is 0 Å². The highest BCUT2D eigenvalue weighted by Crippen LogP contribution is 2.65. The average molecular weight is 559 g/mol. The van der Waals surface area contributed by atoms with Crippen LogP contribution in [0, 0.1) is 45.8 Å². The van der Waals surface area contributed by atoms with Crippen molar-refractivity contribution in [3.05, 3.63) is 0 Å². The molecular weight excluding hydrogens is 504 g/mol. The van der Waals surface area contributed by atoms with E-state index in [4.69, 9.17) is 0 Å². The van der Waals surface area contributed by atoms with Gasteiger partial charge >= 0.3 is 0 Å². The number of piperidine rings is 1. The Labute approximate surface area is 242 Å². The van der Waals surface area contributed by atoms with Crippen LogP contribution in [-0.2, 0) is 24.0 Å². The summed E-state index contributed by atoms with van der Waals surface area (Å²) in [5, 5.41) is 2.70. The van der Waals surface area contributed by atoms with Crippen molar-refractivity contribution in [1.29, 1.82) is 0 Å². The Morgan fingerprint density at radius 3 is 2.02 bits per heavy atom. The number of hydrogen-bond acceptors (Lipinski definition) is 5. The molecule has 5 atom stereocenters. The molecule has 1 heterocycles. The predicted octanol–water partition coefficient (Wildman–Crippen LogP) is 5.39. The number of hydrogen-bond donors (Lipinski definition) is 1. The fraction of sp³-hybridized carbons (Fsp3) is 0.848. The molecule has 0 radical (unpaired) electrons. The normalized spacial score (nSPS) is 25.6. The van der Waals surface area contributed by atoms with Crippen molar-refractivity contribution in [2.45, 2.75) is 126 Å². The van der Waals surface area contributed by atoms with E-state index >= 15 is 0 Å². The maximum atomic E-state index is 14.2. The summed E-state index contributed by atoms with van der Waals surface area (Å²) >= 11 is 0. The smallest absolute Gasteiger partial charge is 0.287 e. The molecule has 0 aromatic heterocycles. The first-order valence-electron chi connectivity index (χ1n) is 15.4. The Morgan fingerprint density at radius 2 is 1.55 bits per heavy atom. The number of Topliss-reactive ketones (excluding diaryl/α,β-unsaturated/α-hetero) is 3. The summed E-state index contributed by atoms with van der Waals surface area (Å²) < 4.78 is 0. The fourth-order valence-electron chi connectivity index (χ4n) is 7.03. The Kier molecular flexibility index (Phi) is 9.48. The SMILES string of the molecule is CC(C)NC(=O)C(=O)C(CC(=O)[C@@H]1C2C(CN1C(=O)[C@@H](CC(=O)CC(C)(C)C)C(C)(C)C)C2(C)C)CC1CCC1. The van der Waals surface area contributed by atoms with Crippen LogP contribution in [0.2, 0.25) is 0 Å². The lowest BCUT2D eigenvalue weighted by Crippen LogP contribution is -2.51. The standard InChI is InChI=1S/C33H54N2O5/c1-19(2)34-29(39)28(38)21(14-20-12-11-13-20)15-25(37)27-26-24(33(26,9)10)18-35(27)30(40)23(32(6,7)8)16-22(36)17-31(3,4)5/h19-21,23-24,26-27H,11-18H2,1-10H3,(H,34,39)/t21?,23-,24?,26?,27-/m1/s1. The number of likely N-dealkylation sites (tertiary alicyclic amines) is 1. The van der Waals surface area contributed by atoms with Crippen molar-refractivity contribution in [2.75, 3.05) is 6.54 Å². The molecule has 2 saturated carbocycles. The minimum absolute atomic E-state index is 0.0161. The van der Waals surface area contributed by atoms with Crippen molar-refractivity contribution in [3.8, 4) is 0 Å². The molecule has 0 aromatic carbocycles. The molecule has 1 aliphatic heterocycles. The number of nitrogens with zero attached hydrogens (tertiary/aromatic N) is 1. The van der Waals surface area contributed by atoms with Gasteiger partial charge in [0.15, 0.2) is 5.78 Å². The van der Waals surface area contributed by atoms with Crippen LogP contribution in [0.4, 0.5) is 0 Å². The molecule has 3 unspecified atom stereocenters. The molecule has 226 valence electrons. The number of carbonyl (C=O) groups excluding carboxylic acids is 5. The van der Waals surface area contributed by atoms with Gasteiger partial charge in [-0.25, -0.2) is 0 Å². The second-order valence-corrected chi connectivity index (χ2v) is 16.2. The molecule has 7 nitrogen and oxygen atoms in total. The largest absolute Gasteiger partial charge is 0.347 e. The van der Waals surface area contributed by atoms with Gasteiger partial charge in [-0.2, -0.15) is 0 Å². The van der Waals surface area contributed by atoms with E-state index in [1.807, 2.05) is 55.4 Å². The molecule has 0 aromatic rings. The van der Waals surface area contributed by atoms with Crippen LogP contribution >= 0.6 is 0 Å². The second kappa shape index (κ2) is 11.7. The summed E-state index contributed by atoms with van der Waals surface area (Å²) in [6.07, 6.45) is 4.24. The number of amides is 2. The van der Waals surface area contributed by atoms with Gasteiger partial charge in [0.05, 0.1) is 6.04 Å². The zero-order chi connectivity index (χ0) is 30.4. The topological polar surface area (TPSA) is 101 Å². The third kappa shape index (κ3) is 7.42. The zero-order valence-electron chi connectivity index (χ0n) is 26.7. The van der Waals surface area contributed by atoms with Crippen LogP contribution in [0.25, 0.3) is 0 Å². The average Bonchev–Trinajstić information content (AvgIpc) is 3.10. The number of nitrogens with one attached hydrogen (secondary N) is 1. The first-order valence-corrected chi connectivity index (χ1v) is 15.4. The first-order chi connectivity index (χ1) is 18.2.